The topological polar surface area (TPSA) is 20.3 Å². The number of alkyl halides is 3. The number of nitrogens with zero attached hydrogens (tertiary/aromatic N) is 1. The first-order chi connectivity index (χ1) is 9.89. The summed E-state index contributed by atoms with van der Waals surface area (Å²) in [6, 6.07) is 10.6. The maximum absolute atomic E-state index is 13.2. The molecule has 0 saturated heterocycles. The lowest BCUT2D eigenvalue weighted by molar-refractivity contribution is -0.139. The average Bonchev–Trinajstić information content (AvgIpc) is 2.55. The van der Waals surface area contributed by atoms with E-state index in [0.717, 1.165) is 17.8 Å². The Morgan fingerprint density at radius 3 is 2.48 bits per heavy atom. The predicted molar refractivity (Wildman–Crippen MR) is 74.7 cm³/mol. The number of hydrogen-bond acceptors (Lipinski definition) is 2. The van der Waals surface area contributed by atoms with Crippen LogP contribution in [0.1, 0.15) is 15.9 Å². The van der Waals surface area contributed by atoms with E-state index in [2.05, 4.69) is 0 Å². The molecular weight excluding hydrogens is 299 g/mol. The summed E-state index contributed by atoms with van der Waals surface area (Å²) in [5.74, 6) is -0.437. The van der Waals surface area contributed by atoms with Gasteiger partial charge in [-0.05, 0) is 24.3 Å². The van der Waals surface area contributed by atoms with E-state index in [4.69, 9.17) is 0 Å². The van der Waals surface area contributed by atoms with E-state index >= 15 is 0 Å². The number of fused-ring (bicyclic) bond motifs is 2. The highest BCUT2D eigenvalue weighted by Crippen LogP contribution is 2.46. The maximum Gasteiger partial charge on any atom is 0.417 e. The van der Waals surface area contributed by atoms with Gasteiger partial charge in [0.05, 0.1) is 16.8 Å². The van der Waals surface area contributed by atoms with Crippen LogP contribution < -0.4 is 4.90 Å². The molecule has 0 atom stereocenters. The van der Waals surface area contributed by atoms with Crippen LogP contribution in [0.15, 0.2) is 52.3 Å². The molecule has 1 aliphatic rings. The molecule has 1 amide bonds. The molecule has 0 radical (unpaired) electrons. The number of carbonyl (C=O) groups is 1. The number of anilines is 1. The molecule has 2 aromatic rings. The Kier molecular flexibility index (Phi) is 3.20. The molecule has 0 fully saturated rings. The maximum atomic E-state index is 13.2. The van der Waals surface area contributed by atoms with Gasteiger partial charge in [0.15, 0.2) is 0 Å². The second kappa shape index (κ2) is 4.80. The molecule has 0 unspecified atom stereocenters. The van der Waals surface area contributed by atoms with Crippen LogP contribution in [0.2, 0.25) is 0 Å². The molecule has 1 heterocycles. The number of rotatable bonds is 0. The van der Waals surface area contributed by atoms with Crippen LogP contribution in [0, 0.1) is 0 Å². The number of carbonyl (C=O) groups excluding carboxylic acids is 1. The summed E-state index contributed by atoms with van der Waals surface area (Å²) < 4.78 is 39.5. The quantitative estimate of drug-likeness (QED) is 0.717. The Morgan fingerprint density at radius 2 is 1.76 bits per heavy atom. The van der Waals surface area contributed by atoms with Crippen molar-refractivity contribution in [2.24, 2.45) is 0 Å². The van der Waals surface area contributed by atoms with E-state index in [0.29, 0.717) is 10.6 Å². The SMILES string of the molecule is CN1C(=O)c2cccc(C(F)(F)F)c2Sc2ccccc21. The van der Waals surface area contributed by atoms with Gasteiger partial charge < -0.3 is 4.90 Å². The summed E-state index contributed by atoms with van der Waals surface area (Å²) in [6.45, 7) is 0. The van der Waals surface area contributed by atoms with Crippen molar-refractivity contribution < 1.29 is 18.0 Å². The van der Waals surface area contributed by atoms with E-state index in [9.17, 15) is 18.0 Å². The van der Waals surface area contributed by atoms with Gasteiger partial charge in [-0.3, -0.25) is 4.79 Å². The van der Waals surface area contributed by atoms with Gasteiger partial charge in [0, 0.05) is 16.8 Å². The van der Waals surface area contributed by atoms with Crippen LogP contribution >= 0.6 is 11.8 Å². The Bertz CT molecular complexity index is 727. The Labute approximate surface area is 123 Å². The molecule has 0 spiro atoms. The summed E-state index contributed by atoms with van der Waals surface area (Å²) in [5.41, 5.74) is -0.0891. The number of halogens is 3. The van der Waals surface area contributed by atoms with E-state index < -0.39 is 17.6 Å². The van der Waals surface area contributed by atoms with Crippen LogP contribution in [-0.4, -0.2) is 13.0 Å². The summed E-state index contributed by atoms with van der Waals surface area (Å²) in [7, 11) is 1.57. The Balaban J connectivity index is 2.28. The molecule has 6 heteroatoms. The Morgan fingerprint density at radius 1 is 1.05 bits per heavy atom. The minimum Gasteiger partial charge on any atom is -0.310 e. The van der Waals surface area contributed by atoms with E-state index in [1.807, 2.05) is 0 Å². The highest BCUT2D eigenvalue weighted by atomic mass is 32.2. The predicted octanol–water partition coefficient (Wildman–Crippen LogP) is 4.45. The van der Waals surface area contributed by atoms with E-state index in [1.54, 1.807) is 31.3 Å². The smallest absolute Gasteiger partial charge is 0.310 e. The van der Waals surface area contributed by atoms with Gasteiger partial charge in [-0.1, -0.05) is 30.0 Å². The molecule has 2 aromatic carbocycles. The molecule has 21 heavy (non-hydrogen) atoms. The van der Waals surface area contributed by atoms with Crippen LogP contribution in [-0.2, 0) is 6.18 Å². The van der Waals surface area contributed by atoms with Gasteiger partial charge in [-0.15, -0.1) is 0 Å². The number of hydrogen-bond donors (Lipinski definition) is 0. The summed E-state index contributed by atoms with van der Waals surface area (Å²) >= 11 is 0.982. The van der Waals surface area contributed by atoms with Gasteiger partial charge >= 0.3 is 6.18 Å². The van der Waals surface area contributed by atoms with Crippen molar-refractivity contribution in [2.75, 3.05) is 11.9 Å². The zero-order valence-corrected chi connectivity index (χ0v) is 11.8. The van der Waals surface area contributed by atoms with Crippen molar-refractivity contribution in [3.05, 3.63) is 53.6 Å². The number of benzene rings is 2. The lowest BCUT2D eigenvalue weighted by Crippen LogP contribution is -2.26. The third-order valence-electron chi connectivity index (χ3n) is 3.29. The molecule has 0 bridgehead atoms. The van der Waals surface area contributed by atoms with Crippen LogP contribution in [0.25, 0.3) is 0 Å². The van der Waals surface area contributed by atoms with Gasteiger partial charge in [-0.25, -0.2) is 0 Å². The first-order valence-corrected chi connectivity index (χ1v) is 6.96. The third-order valence-corrected chi connectivity index (χ3v) is 4.50. The Hall–Kier alpha value is -1.95. The zero-order valence-electron chi connectivity index (χ0n) is 10.9. The highest BCUT2D eigenvalue weighted by Gasteiger charge is 2.37. The first kappa shape index (κ1) is 14.0. The summed E-state index contributed by atoms with van der Waals surface area (Å²) in [6.07, 6.45) is -4.49. The number of amides is 1. The highest BCUT2D eigenvalue weighted by molar-refractivity contribution is 7.99. The molecule has 1 aliphatic heterocycles. The molecule has 2 nitrogen and oxygen atoms in total. The lowest BCUT2D eigenvalue weighted by atomic mass is 10.1. The second-order valence-electron chi connectivity index (χ2n) is 4.61. The van der Waals surface area contributed by atoms with Crippen molar-refractivity contribution in [2.45, 2.75) is 16.0 Å². The van der Waals surface area contributed by atoms with Gasteiger partial charge in [0.1, 0.15) is 0 Å². The standard InChI is InChI=1S/C15H10F3NOS/c1-19-11-7-2-3-8-12(11)21-13-9(14(19)20)5-4-6-10(13)15(16,17)18/h2-8H,1H3. The van der Waals surface area contributed by atoms with Crippen molar-refractivity contribution in [1.82, 2.24) is 0 Å². The first-order valence-electron chi connectivity index (χ1n) is 6.15. The van der Waals surface area contributed by atoms with Crippen LogP contribution in [0.4, 0.5) is 18.9 Å². The monoisotopic (exact) mass is 309 g/mol. The van der Waals surface area contributed by atoms with Crippen molar-refractivity contribution in [3.8, 4) is 0 Å². The fourth-order valence-corrected chi connectivity index (χ4v) is 3.49. The molecule has 108 valence electrons. The molecule has 0 N–H and O–H groups in total. The molecule has 3 rings (SSSR count). The minimum atomic E-state index is -4.49. The molecule has 0 aliphatic carbocycles. The zero-order chi connectivity index (χ0) is 15.2. The van der Waals surface area contributed by atoms with E-state index in [1.165, 1.54) is 17.0 Å². The van der Waals surface area contributed by atoms with Crippen molar-refractivity contribution >= 4 is 23.4 Å². The van der Waals surface area contributed by atoms with Gasteiger partial charge in [0.25, 0.3) is 5.91 Å². The second-order valence-corrected chi connectivity index (χ2v) is 5.67. The largest absolute Gasteiger partial charge is 0.417 e. The molecular formula is C15H10F3NOS. The van der Waals surface area contributed by atoms with Crippen LogP contribution in [0.5, 0.6) is 0 Å². The fourth-order valence-electron chi connectivity index (χ4n) is 2.26. The van der Waals surface area contributed by atoms with Crippen molar-refractivity contribution in [1.29, 1.82) is 0 Å². The fraction of sp³-hybridized carbons (Fsp3) is 0.133. The normalized spacial score (nSPS) is 14.5. The van der Waals surface area contributed by atoms with Gasteiger partial charge in [-0.2, -0.15) is 13.2 Å². The third kappa shape index (κ3) is 2.29. The number of para-hydroxylation sites is 1. The van der Waals surface area contributed by atoms with E-state index in [-0.39, 0.29) is 10.5 Å². The minimum absolute atomic E-state index is 0.0354. The van der Waals surface area contributed by atoms with Gasteiger partial charge in [0.2, 0.25) is 0 Å². The average molecular weight is 309 g/mol. The molecule has 0 aromatic heterocycles. The summed E-state index contributed by atoms with van der Waals surface area (Å²) in [4.78, 5) is 14.4. The summed E-state index contributed by atoms with van der Waals surface area (Å²) in [5, 5.41) is 0. The van der Waals surface area contributed by atoms with Crippen molar-refractivity contribution in [3.63, 3.8) is 0 Å². The lowest BCUT2D eigenvalue weighted by Gasteiger charge is -2.17. The van der Waals surface area contributed by atoms with Crippen LogP contribution in [0.3, 0.4) is 0 Å². The molecule has 0 saturated carbocycles.